The predicted molar refractivity (Wildman–Crippen MR) is 78.9 cm³/mol. The van der Waals surface area contributed by atoms with Gasteiger partial charge in [0.2, 0.25) is 0 Å². The number of imidazole rings is 1. The minimum atomic E-state index is -0.441. The maximum atomic E-state index is 12.3. The molecule has 0 saturated carbocycles. The summed E-state index contributed by atoms with van der Waals surface area (Å²) in [5, 5.41) is 12.3. The monoisotopic (exact) mass is 281 g/mol. The zero-order chi connectivity index (χ0) is 14.7. The van der Waals surface area contributed by atoms with Crippen LogP contribution in [0.3, 0.4) is 0 Å². The average Bonchev–Trinajstić information content (AvgIpc) is 2.97. The van der Waals surface area contributed by atoms with Crippen LogP contribution in [0.1, 0.15) is 22.1 Å². The third-order valence-electron chi connectivity index (χ3n) is 3.29. The van der Waals surface area contributed by atoms with Crippen LogP contribution >= 0.6 is 0 Å². The second kappa shape index (κ2) is 5.76. The van der Waals surface area contributed by atoms with Crippen LogP contribution < -0.4 is 5.32 Å². The van der Waals surface area contributed by atoms with E-state index in [-0.39, 0.29) is 12.5 Å². The number of amides is 1. The number of benzene rings is 1. The number of aliphatic hydroxyl groups is 1. The van der Waals surface area contributed by atoms with Gasteiger partial charge in [-0.15, -0.1) is 0 Å². The first-order valence-corrected chi connectivity index (χ1v) is 6.68. The van der Waals surface area contributed by atoms with Crippen LogP contribution in [0.5, 0.6) is 0 Å². The van der Waals surface area contributed by atoms with Gasteiger partial charge in [0.25, 0.3) is 5.91 Å². The van der Waals surface area contributed by atoms with Gasteiger partial charge >= 0.3 is 0 Å². The smallest absolute Gasteiger partial charge is 0.272 e. The normalized spacial score (nSPS) is 12.2. The zero-order valence-electron chi connectivity index (χ0n) is 11.3. The summed E-state index contributed by atoms with van der Waals surface area (Å²) >= 11 is 0. The summed E-state index contributed by atoms with van der Waals surface area (Å²) < 4.78 is 1.78. The minimum absolute atomic E-state index is 0.164. The summed E-state index contributed by atoms with van der Waals surface area (Å²) in [5.41, 5.74) is 1.90. The van der Waals surface area contributed by atoms with E-state index in [1.165, 1.54) is 0 Å². The van der Waals surface area contributed by atoms with Crippen LogP contribution in [-0.2, 0) is 0 Å². The number of pyridine rings is 1. The number of nitrogens with one attached hydrogen (secondary N) is 1. The number of carbonyl (C=O) groups is 1. The fourth-order valence-corrected chi connectivity index (χ4v) is 2.20. The molecule has 2 heterocycles. The third-order valence-corrected chi connectivity index (χ3v) is 3.29. The van der Waals surface area contributed by atoms with E-state index >= 15 is 0 Å². The molecule has 0 aliphatic carbocycles. The van der Waals surface area contributed by atoms with Gasteiger partial charge in [0, 0.05) is 12.4 Å². The number of hydrogen-bond acceptors (Lipinski definition) is 3. The predicted octanol–water partition coefficient (Wildman–Crippen LogP) is 1.80. The molecule has 0 aliphatic heterocycles. The zero-order valence-corrected chi connectivity index (χ0v) is 11.3. The number of hydrogen-bond donors (Lipinski definition) is 2. The molecular formula is C16H15N3O2. The maximum absolute atomic E-state index is 12.3. The van der Waals surface area contributed by atoms with Crippen molar-refractivity contribution in [2.24, 2.45) is 0 Å². The summed E-state index contributed by atoms with van der Waals surface area (Å²) in [6, 6.07) is 14.5. The fraction of sp³-hybridized carbons (Fsp3) is 0.125. The highest BCUT2D eigenvalue weighted by atomic mass is 16.3. The number of aliphatic hydroxyl groups excluding tert-OH is 1. The second-order valence-corrected chi connectivity index (χ2v) is 4.71. The van der Waals surface area contributed by atoms with Crippen molar-refractivity contribution in [3.8, 4) is 0 Å². The summed E-state index contributed by atoms with van der Waals surface area (Å²) in [5.74, 6) is -0.304. The van der Waals surface area contributed by atoms with E-state index < -0.39 is 6.04 Å². The number of fused-ring (bicyclic) bond motifs is 1. The van der Waals surface area contributed by atoms with Crippen molar-refractivity contribution in [3.63, 3.8) is 0 Å². The SMILES string of the molecule is O=C(N[C@@H](CO)c1ccccc1)c1cn2ccccc2n1. The molecule has 0 radical (unpaired) electrons. The third kappa shape index (κ3) is 2.78. The van der Waals surface area contributed by atoms with Gasteiger partial charge in [-0.2, -0.15) is 0 Å². The van der Waals surface area contributed by atoms with Crippen LogP contribution in [0, 0.1) is 0 Å². The Balaban J connectivity index is 1.81. The molecule has 2 aromatic heterocycles. The van der Waals surface area contributed by atoms with E-state index in [2.05, 4.69) is 10.3 Å². The largest absolute Gasteiger partial charge is 0.394 e. The van der Waals surface area contributed by atoms with Crippen molar-refractivity contribution in [1.29, 1.82) is 0 Å². The molecule has 21 heavy (non-hydrogen) atoms. The van der Waals surface area contributed by atoms with E-state index in [9.17, 15) is 9.90 Å². The Hall–Kier alpha value is -2.66. The minimum Gasteiger partial charge on any atom is -0.394 e. The van der Waals surface area contributed by atoms with Crippen molar-refractivity contribution >= 4 is 11.6 Å². The quantitative estimate of drug-likeness (QED) is 0.766. The van der Waals surface area contributed by atoms with Gasteiger partial charge in [0.15, 0.2) is 0 Å². The first-order valence-electron chi connectivity index (χ1n) is 6.68. The van der Waals surface area contributed by atoms with E-state index in [1.54, 1.807) is 10.6 Å². The molecule has 0 fully saturated rings. The number of aromatic nitrogens is 2. The van der Waals surface area contributed by atoms with Crippen molar-refractivity contribution in [2.75, 3.05) is 6.61 Å². The number of carbonyl (C=O) groups excluding carboxylic acids is 1. The molecule has 0 spiro atoms. The molecule has 0 unspecified atom stereocenters. The topological polar surface area (TPSA) is 66.6 Å². The lowest BCUT2D eigenvalue weighted by Crippen LogP contribution is -2.31. The highest BCUT2D eigenvalue weighted by molar-refractivity contribution is 5.93. The summed E-state index contributed by atoms with van der Waals surface area (Å²) in [7, 11) is 0. The van der Waals surface area contributed by atoms with Crippen LogP contribution in [-0.4, -0.2) is 27.0 Å². The molecule has 1 amide bonds. The van der Waals surface area contributed by atoms with Gasteiger partial charge in [0.05, 0.1) is 12.6 Å². The fourth-order valence-electron chi connectivity index (χ4n) is 2.20. The molecule has 1 aromatic carbocycles. The van der Waals surface area contributed by atoms with Crippen LogP contribution in [0.2, 0.25) is 0 Å². The van der Waals surface area contributed by atoms with E-state index in [0.717, 1.165) is 5.56 Å². The number of nitrogens with zero attached hydrogens (tertiary/aromatic N) is 2. The van der Waals surface area contributed by atoms with E-state index in [1.807, 2.05) is 54.7 Å². The lowest BCUT2D eigenvalue weighted by atomic mass is 10.1. The molecule has 106 valence electrons. The Morgan fingerprint density at radius 1 is 1.19 bits per heavy atom. The molecule has 5 nitrogen and oxygen atoms in total. The van der Waals surface area contributed by atoms with Gasteiger partial charge in [0.1, 0.15) is 11.3 Å². The average molecular weight is 281 g/mol. The van der Waals surface area contributed by atoms with E-state index in [4.69, 9.17) is 0 Å². The Morgan fingerprint density at radius 3 is 2.67 bits per heavy atom. The van der Waals surface area contributed by atoms with Crippen molar-refractivity contribution in [3.05, 3.63) is 72.2 Å². The first-order chi connectivity index (χ1) is 10.3. The molecule has 0 aliphatic rings. The standard InChI is InChI=1S/C16H15N3O2/c20-11-14(12-6-2-1-3-7-12)18-16(21)13-10-19-9-5-4-8-15(19)17-13/h1-10,14,20H,11H2,(H,18,21)/t14-/m0/s1. The summed E-state index contributed by atoms with van der Waals surface area (Å²) in [4.78, 5) is 16.5. The van der Waals surface area contributed by atoms with Crippen LogP contribution in [0.25, 0.3) is 5.65 Å². The Bertz CT molecular complexity index is 719. The van der Waals surface area contributed by atoms with Crippen molar-refractivity contribution in [2.45, 2.75) is 6.04 Å². The van der Waals surface area contributed by atoms with Gasteiger partial charge < -0.3 is 14.8 Å². The molecule has 1 atom stereocenters. The molecule has 3 aromatic rings. The highest BCUT2D eigenvalue weighted by Crippen LogP contribution is 2.13. The molecule has 0 bridgehead atoms. The highest BCUT2D eigenvalue weighted by Gasteiger charge is 2.16. The lowest BCUT2D eigenvalue weighted by Gasteiger charge is -2.15. The second-order valence-electron chi connectivity index (χ2n) is 4.71. The van der Waals surface area contributed by atoms with Crippen molar-refractivity contribution < 1.29 is 9.90 Å². The Labute approximate surface area is 121 Å². The molecule has 5 heteroatoms. The van der Waals surface area contributed by atoms with E-state index in [0.29, 0.717) is 11.3 Å². The van der Waals surface area contributed by atoms with Crippen LogP contribution in [0.15, 0.2) is 60.9 Å². The van der Waals surface area contributed by atoms with Gasteiger partial charge in [-0.25, -0.2) is 4.98 Å². The Morgan fingerprint density at radius 2 is 1.95 bits per heavy atom. The van der Waals surface area contributed by atoms with Crippen LogP contribution in [0.4, 0.5) is 0 Å². The van der Waals surface area contributed by atoms with Gasteiger partial charge in [-0.3, -0.25) is 4.79 Å². The first kappa shape index (κ1) is 13.3. The number of rotatable bonds is 4. The summed E-state index contributed by atoms with van der Waals surface area (Å²) in [6.07, 6.45) is 3.50. The maximum Gasteiger partial charge on any atom is 0.272 e. The lowest BCUT2D eigenvalue weighted by molar-refractivity contribution is 0.0911. The molecular weight excluding hydrogens is 266 g/mol. The molecule has 0 saturated heterocycles. The molecule has 2 N–H and O–H groups in total. The van der Waals surface area contributed by atoms with Crippen molar-refractivity contribution in [1.82, 2.24) is 14.7 Å². The van der Waals surface area contributed by atoms with Gasteiger partial charge in [-0.05, 0) is 17.7 Å². The summed E-state index contributed by atoms with van der Waals surface area (Å²) in [6.45, 7) is -0.164. The van der Waals surface area contributed by atoms with Gasteiger partial charge in [-0.1, -0.05) is 36.4 Å². The Kier molecular flexibility index (Phi) is 3.66. The molecule has 3 rings (SSSR count).